The third kappa shape index (κ3) is 2.19. The van der Waals surface area contributed by atoms with Crippen molar-refractivity contribution in [2.45, 2.75) is 12.5 Å². The maximum Gasteiger partial charge on any atom is 0.280 e. The topological polar surface area (TPSA) is 88.2 Å². The van der Waals surface area contributed by atoms with Crippen molar-refractivity contribution in [1.29, 1.82) is 0 Å². The summed E-state index contributed by atoms with van der Waals surface area (Å²) in [7, 11) is 0. The van der Waals surface area contributed by atoms with E-state index in [0.29, 0.717) is 0 Å². The van der Waals surface area contributed by atoms with Gasteiger partial charge in [0.1, 0.15) is 6.04 Å². The summed E-state index contributed by atoms with van der Waals surface area (Å²) in [6.45, 7) is 0. The first kappa shape index (κ1) is 11.8. The second-order valence-electron chi connectivity index (χ2n) is 4.13. The number of hydrogen-bond donors (Lipinski definition) is 2. The van der Waals surface area contributed by atoms with Crippen LogP contribution < -0.4 is 10.6 Å². The van der Waals surface area contributed by atoms with Gasteiger partial charge < -0.3 is 5.32 Å². The van der Waals surface area contributed by atoms with Crippen LogP contribution in [0.5, 0.6) is 0 Å². The zero-order valence-corrected chi connectivity index (χ0v) is 10.5. The van der Waals surface area contributed by atoms with E-state index in [9.17, 15) is 14.4 Å². The number of para-hydroxylation sites is 1. The Morgan fingerprint density at radius 1 is 1.37 bits per heavy atom. The fourth-order valence-corrected chi connectivity index (χ4v) is 2.73. The van der Waals surface area contributed by atoms with E-state index < -0.39 is 17.9 Å². The molecule has 19 heavy (non-hydrogen) atoms. The van der Waals surface area contributed by atoms with E-state index in [1.807, 2.05) is 24.3 Å². The van der Waals surface area contributed by atoms with Crippen LogP contribution in [0.1, 0.15) is 16.2 Å². The second kappa shape index (κ2) is 4.43. The predicted molar refractivity (Wildman–Crippen MR) is 68.6 cm³/mol. The molecule has 2 N–H and O–H groups in total. The molecule has 1 aliphatic heterocycles. The molecule has 2 aromatic rings. The van der Waals surface area contributed by atoms with Gasteiger partial charge in [-0.3, -0.25) is 19.7 Å². The zero-order valence-electron chi connectivity index (χ0n) is 9.67. The lowest BCUT2D eigenvalue weighted by Gasteiger charge is -2.06. The van der Waals surface area contributed by atoms with Crippen molar-refractivity contribution in [3.05, 3.63) is 29.3 Å². The van der Waals surface area contributed by atoms with Crippen LogP contribution in [0.25, 0.3) is 10.2 Å². The van der Waals surface area contributed by atoms with Crippen LogP contribution in [0.4, 0.5) is 0 Å². The van der Waals surface area contributed by atoms with Crippen molar-refractivity contribution in [3.8, 4) is 0 Å². The maximum absolute atomic E-state index is 12.0. The molecule has 0 saturated carbocycles. The Balaban J connectivity index is 1.80. The molecule has 1 saturated heterocycles. The second-order valence-corrected chi connectivity index (χ2v) is 5.16. The molecule has 1 unspecified atom stereocenters. The molecule has 3 rings (SSSR count). The first-order valence-corrected chi connectivity index (χ1v) is 6.45. The van der Waals surface area contributed by atoms with Gasteiger partial charge in [-0.25, -0.2) is 4.98 Å². The van der Waals surface area contributed by atoms with Gasteiger partial charge in [-0.2, -0.15) is 0 Å². The number of amides is 3. The minimum absolute atomic E-state index is 0.0184. The lowest BCUT2D eigenvalue weighted by Crippen LogP contribution is -2.40. The van der Waals surface area contributed by atoms with E-state index in [1.165, 1.54) is 11.3 Å². The Morgan fingerprint density at radius 2 is 2.16 bits per heavy atom. The van der Waals surface area contributed by atoms with Gasteiger partial charge in [0.05, 0.1) is 16.6 Å². The lowest BCUT2D eigenvalue weighted by molar-refractivity contribution is -0.125. The average Bonchev–Trinajstić information content (AvgIpc) is 2.93. The molecule has 1 aromatic heterocycles. The number of carbonyl (C=O) groups is 3. The number of carbonyl (C=O) groups excluding carboxylic acids is 3. The highest BCUT2D eigenvalue weighted by molar-refractivity contribution is 7.20. The maximum atomic E-state index is 12.0. The summed E-state index contributed by atoms with van der Waals surface area (Å²) in [5.41, 5.74) is 0.740. The van der Waals surface area contributed by atoms with E-state index in [1.54, 1.807) is 0 Å². The van der Waals surface area contributed by atoms with Gasteiger partial charge in [-0.15, -0.1) is 11.3 Å². The number of benzene rings is 1. The summed E-state index contributed by atoms with van der Waals surface area (Å²) in [5, 5.41) is 4.94. The van der Waals surface area contributed by atoms with Gasteiger partial charge >= 0.3 is 0 Å². The van der Waals surface area contributed by atoms with Gasteiger partial charge in [0.25, 0.3) is 5.91 Å². The van der Waals surface area contributed by atoms with E-state index >= 15 is 0 Å². The molecule has 96 valence electrons. The highest BCUT2D eigenvalue weighted by atomic mass is 32.1. The molecule has 6 nitrogen and oxygen atoms in total. The molecule has 1 aromatic carbocycles. The molecule has 0 radical (unpaired) electrons. The molecule has 1 atom stereocenters. The summed E-state index contributed by atoms with van der Waals surface area (Å²) in [5.74, 6) is -1.28. The Bertz CT molecular complexity index is 661. The normalized spacial score (nSPS) is 18.6. The summed E-state index contributed by atoms with van der Waals surface area (Å²) in [6, 6.07) is 6.59. The third-order valence-corrected chi connectivity index (χ3v) is 3.80. The molecule has 2 heterocycles. The van der Waals surface area contributed by atoms with Crippen LogP contribution in [0.15, 0.2) is 24.3 Å². The van der Waals surface area contributed by atoms with Crippen molar-refractivity contribution in [2.24, 2.45) is 0 Å². The first-order valence-electron chi connectivity index (χ1n) is 5.63. The molecular formula is C12H9N3O3S. The summed E-state index contributed by atoms with van der Waals surface area (Å²) >= 11 is 1.25. The Kier molecular flexibility index (Phi) is 2.75. The number of thiazole rings is 1. The van der Waals surface area contributed by atoms with Crippen LogP contribution in [-0.4, -0.2) is 28.7 Å². The SMILES string of the molecule is O=C1CC(NC(=O)c2nc3ccccc3s2)C(=O)N1. The molecule has 7 heteroatoms. The monoisotopic (exact) mass is 275 g/mol. The number of nitrogens with one attached hydrogen (secondary N) is 2. The van der Waals surface area contributed by atoms with Crippen molar-refractivity contribution in [3.63, 3.8) is 0 Å². The minimum atomic E-state index is -0.799. The number of nitrogens with zero attached hydrogens (tertiary/aromatic N) is 1. The van der Waals surface area contributed by atoms with Crippen molar-refractivity contribution in [1.82, 2.24) is 15.6 Å². The zero-order chi connectivity index (χ0) is 13.4. The smallest absolute Gasteiger partial charge is 0.280 e. The van der Waals surface area contributed by atoms with Crippen LogP contribution in [0.2, 0.25) is 0 Å². The number of hydrogen-bond acceptors (Lipinski definition) is 5. The van der Waals surface area contributed by atoms with Gasteiger partial charge in [0, 0.05) is 0 Å². The van der Waals surface area contributed by atoms with Gasteiger partial charge in [0.15, 0.2) is 5.01 Å². The quantitative estimate of drug-likeness (QED) is 0.778. The number of rotatable bonds is 2. The highest BCUT2D eigenvalue weighted by Crippen LogP contribution is 2.21. The Hall–Kier alpha value is -2.28. The first-order chi connectivity index (χ1) is 9.13. The standard InChI is InChI=1S/C12H9N3O3S/c16-9-5-7(10(17)15-9)13-11(18)12-14-6-3-1-2-4-8(6)19-12/h1-4,7H,5H2,(H,13,18)(H,15,16,17). The largest absolute Gasteiger partial charge is 0.338 e. The van der Waals surface area contributed by atoms with Crippen LogP contribution in [-0.2, 0) is 9.59 Å². The van der Waals surface area contributed by atoms with Crippen LogP contribution in [0, 0.1) is 0 Å². The molecular weight excluding hydrogens is 266 g/mol. The summed E-state index contributed by atoms with van der Waals surface area (Å²) < 4.78 is 0.902. The predicted octanol–water partition coefficient (Wildman–Crippen LogP) is 0.441. The molecule has 3 amide bonds. The number of imide groups is 1. The highest BCUT2D eigenvalue weighted by Gasteiger charge is 2.32. The van der Waals surface area contributed by atoms with Gasteiger partial charge in [0.2, 0.25) is 11.8 Å². The molecule has 0 aliphatic carbocycles. The molecule has 0 spiro atoms. The molecule has 1 aliphatic rings. The van der Waals surface area contributed by atoms with Crippen molar-refractivity contribution < 1.29 is 14.4 Å². The molecule has 0 bridgehead atoms. The van der Waals surface area contributed by atoms with Gasteiger partial charge in [-0.1, -0.05) is 12.1 Å². The van der Waals surface area contributed by atoms with E-state index in [-0.39, 0.29) is 17.3 Å². The van der Waals surface area contributed by atoms with E-state index in [2.05, 4.69) is 15.6 Å². The lowest BCUT2D eigenvalue weighted by atomic mass is 10.2. The van der Waals surface area contributed by atoms with Crippen LogP contribution in [0.3, 0.4) is 0 Å². The fraction of sp³-hybridized carbons (Fsp3) is 0.167. The van der Waals surface area contributed by atoms with Crippen LogP contribution >= 0.6 is 11.3 Å². The van der Waals surface area contributed by atoms with E-state index in [4.69, 9.17) is 0 Å². The fourth-order valence-electron chi connectivity index (χ4n) is 1.86. The van der Waals surface area contributed by atoms with E-state index in [0.717, 1.165) is 10.2 Å². The van der Waals surface area contributed by atoms with Crippen molar-refractivity contribution in [2.75, 3.05) is 0 Å². The summed E-state index contributed by atoms with van der Waals surface area (Å²) in [4.78, 5) is 38.5. The average molecular weight is 275 g/mol. The number of fused-ring (bicyclic) bond motifs is 1. The number of aromatic nitrogens is 1. The van der Waals surface area contributed by atoms with Crippen molar-refractivity contribution >= 4 is 39.3 Å². The summed E-state index contributed by atoms with van der Waals surface area (Å²) in [6.07, 6.45) is -0.0184. The minimum Gasteiger partial charge on any atom is -0.338 e. The molecule has 1 fully saturated rings. The Morgan fingerprint density at radius 3 is 2.84 bits per heavy atom. The van der Waals surface area contributed by atoms with Gasteiger partial charge in [-0.05, 0) is 12.1 Å². The third-order valence-electron chi connectivity index (χ3n) is 2.76. The Labute approximate surface area is 111 Å².